The molecule has 176 valence electrons. The molecule has 32 heavy (non-hydrogen) atoms. The van der Waals surface area contributed by atoms with Gasteiger partial charge in [0.1, 0.15) is 11.6 Å². The van der Waals surface area contributed by atoms with Crippen LogP contribution in [0.4, 0.5) is 4.39 Å². The van der Waals surface area contributed by atoms with Gasteiger partial charge in [0.2, 0.25) is 0 Å². The molecule has 3 rings (SSSR count). The normalized spacial score (nSPS) is 11.5. The van der Waals surface area contributed by atoms with Crippen LogP contribution >= 0.6 is 11.3 Å². The number of aromatic nitrogens is 2. The highest BCUT2D eigenvalue weighted by Gasteiger charge is 2.12. The van der Waals surface area contributed by atoms with Gasteiger partial charge in [-0.05, 0) is 31.4 Å². The lowest BCUT2D eigenvalue weighted by molar-refractivity contribution is 0.303. The van der Waals surface area contributed by atoms with Gasteiger partial charge >= 0.3 is 0 Å². The van der Waals surface area contributed by atoms with Crippen LogP contribution in [0.3, 0.4) is 0 Å². The Hall–Kier alpha value is -1.88. The van der Waals surface area contributed by atoms with Crippen LogP contribution in [0.5, 0.6) is 5.75 Å². The van der Waals surface area contributed by atoms with E-state index in [4.69, 9.17) is 9.72 Å². The van der Waals surface area contributed by atoms with Crippen molar-refractivity contribution in [2.75, 3.05) is 6.61 Å². The maximum absolute atomic E-state index is 14.8. The largest absolute Gasteiger partial charge is 0.493 e. The first kappa shape index (κ1) is 24.8. The maximum atomic E-state index is 14.8. The molecule has 1 aromatic carbocycles. The molecule has 0 amide bonds. The van der Waals surface area contributed by atoms with E-state index in [0.717, 1.165) is 28.4 Å². The number of rotatable bonds is 16. The predicted molar refractivity (Wildman–Crippen MR) is 134 cm³/mol. The summed E-state index contributed by atoms with van der Waals surface area (Å²) in [6.45, 7) is 5.13. The highest BCUT2D eigenvalue weighted by molar-refractivity contribution is 7.20. The summed E-state index contributed by atoms with van der Waals surface area (Å²) >= 11 is 1.54. The van der Waals surface area contributed by atoms with Crippen LogP contribution < -0.4 is 4.74 Å². The van der Waals surface area contributed by atoms with Crippen molar-refractivity contribution < 1.29 is 9.13 Å². The molecule has 0 aliphatic carbocycles. The van der Waals surface area contributed by atoms with Gasteiger partial charge in [-0.15, -0.1) is 0 Å². The third-order valence-corrected chi connectivity index (χ3v) is 6.99. The molecule has 0 unspecified atom stereocenters. The Morgan fingerprint density at radius 1 is 0.875 bits per heavy atom. The molecule has 2 heterocycles. The van der Waals surface area contributed by atoms with E-state index < -0.39 is 0 Å². The van der Waals surface area contributed by atoms with E-state index >= 15 is 0 Å². The Kier molecular flexibility index (Phi) is 10.5. The summed E-state index contributed by atoms with van der Waals surface area (Å²) in [5.74, 6) is 0.379. The van der Waals surface area contributed by atoms with Crippen LogP contribution in [0, 0.1) is 5.82 Å². The van der Waals surface area contributed by atoms with Crippen molar-refractivity contribution in [2.45, 2.75) is 97.3 Å². The molecule has 0 saturated carbocycles. The average Bonchev–Trinajstić information content (AvgIpc) is 3.34. The molecule has 0 bridgehead atoms. The molecule has 0 saturated heterocycles. The Bertz CT molecular complexity index is 902. The summed E-state index contributed by atoms with van der Waals surface area (Å²) in [5, 5.41) is 0. The predicted octanol–water partition coefficient (Wildman–Crippen LogP) is 8.84. The second-order valence-corrected chi connectivity index (χ2v) is 9.80. The van der Waals surface area contributed by atoms with Crippen molar-refractivity contribution in [3.8, 4) is 16.2 Å². The number of aryl methyl sites for hydroxylation is 1. The van der Waals surface area contributed by atoms with Crippen LogP contribution in [-0.2, 0) is 6.42 Å². The van der Waals surface area contributed by atoms with Gasteiger partial charge in [-0.3, -0.25) is 4.40 Å². The number of unbranched alkanes of at least 4 members (excludes halogenated alkanes) is 10. The molecule has 3 aromatic rings. The van der Waals surface area contributed by atoms with Crippen molar-refractivity contribution in [3.05, 3.63) is 42.1 Å². The third kappa shape index (κ3) is 7.61. The fraction of sp³-hybridized carbons (Fsp3) is 0.593. The van der Waals surface area contributed by atoms with E-state index in [1.54, 1.807) is 11.3 Å². The lowest BCUT2D eigenvalue weighted by Crippen LogP contribution is -1.98. The summed E-state index contributed by atoms with van der Waals surface area (Å²) in [6, 6.07) is 5.22. The summed E-state index contributed by atoms with van der Waals surface area (Å²) in [7, 11) is 0. The molecule has 0 radical (unpaired) electrons. The van der Waals surface area contributed by atoms with Crippen molar-refractivity contribution in [2.24, 2.45) is 0 Å². The maximum Gasteiger partial charge on any atom is 0.194 e. The van der Waals surface area contributed by atoms with E-state index in [1.165, 1.54) is 76.7 Å². The van der Waals surface area contributed by atoms with E-state index in [2.05, 4.69) is 20.0 Å². The molecular formula is C27H39FN2OS. The summed E-state index contributed by atoms with van der Waals surface area (Å²) in [6.07, 6.45) is 20.2. The molecule has 5 heteroatoms. The standard InChI is InChI=1S/C27H39FN2OS/c1-3-5-7-9-11-13-15-22-20-30-21-26(32-27(30)29-22)24-17-16-23(19-25(24)28)31-18-14-12-10-8-6-4-2/h16-17,19-21H,3-15,18H2,1-2H3. The SMILES string of the molecule is CCCCCCCCOc1ccc(-c2cn3cc(CCCCCCCC)nc3s2)c(F)c1. The van der Waals surface area contributed by atoms with Gasteiger partial charge in [0.25, 0.3) is 0 Å². The Labute approximate surface area is 197 Å². The number of halogens is 1. The average molecular weight is 459 g/mol. The number of imidazole rings is 1. The van der Waals surface area contributed by atoms with Gasteiger partial charge < -0.3 is 4.74 Å². The van der Waals surface area contributed by atoms with Gasteiger partial charge in [0.05, 0.1) is 17.2 Å². The monoisotopic (exact) mass is 458 g/mol. The molecule has 3 nitrogen and oxygen atoms in total. The fourth-order valence-electron chi connectivity index (χ4n) is 4.03. The van der Waals surface area contributed by atoms with Gasteiger partial charge in [0, 0.05) is 24.0 Å². The number of hydrogen-bond donors (Lipinski definition) is 0. The minimum Gasteiger partial charge on any atom is -0.493 e. The van der Waals surface area contributed by atoms with E-state index in [9.17, 15) is 4.39 Å². The van der Waals surface area contributed by atoms with Crippen molar-refractivity contribution in [1.82, 2.24) is 9.38 Å². The highest BCUT2D eigenvalue weighted by atomic mass is 32.1. The first-order valence-electron chi connectivity index (χ1n) is 12.6. The molecule has 0 fully saturated rings. The zero-order valence-electron chi connectivity index (χ0n) is 19.9. The first-order valence-corrected chi connectivity index (χ1v) is 13.4. The zero-order chi connectivity index (χ0) is 22.6. The van der Waals surface area contributed by atoms with E-state index in [1.807, 2.05) is 22.7 Å². The lowest BCUT2D eigenvalue weighted by atomic mass is 10.1. The molecule has 0 atom stereocenters. The minimum absolute atomic E-state index is 0.234. The molecule has 0 N–H and O–H groups in total. The van der Waals surface area contributed by atoms with Gasteiger partial charge in [0.15, 0.2) is 4.96 Å². The summed E-state index contributed by atoms with van der Waals surface area (Å²) < 4.78 is 22.6. The van der Waals surface area contributed by atoms with Crippen LogP contribution in [0.15, 0.2) is 30.6 Å². The number of nitrogens with zero attached hydrogens (tertiary/aromatic N) is 2. The Morgan fingerprint density at radius 3 is 2.25 bits per heavy atom. The number of benzene rings is 1. The number of thiazole rings is 1. The molecule has 2 aromatic heterocycles. The van der Waals surface area contributed by atoms with Gasteiger partial charge in [-0.2, -0.15) is 0 Å². The second kappa shape index (κ2) is 13.6. The quantitative estimate of drug-likeness (QED) is 0.200. The number of ether oxygens (including phenoxy) is 1. The van der Waals surface area contributed by atoms with Gasteiger partial charge in [-0.25, -0.2) is 9.37 Å². The van der Waals surface area contributed by atoms with Crippen LogP contribution in [0.2, 0.25) is 0 Å². The smallest absolute Gasteiger partial charge is 0.194 e. The van der Waals surface area contributed by atoms with Crippen LogP contribution in [0.1, 0.15) is 96.6 Å². The second-order valence-electron chi connectivity index (χ2n) is 8.79. The van der Waals surface area contributed by atoms with Gasteiger partial charge in [-0.1, -0.05) is 89.4 Å². The molecular weight excluding hydrogens is 419 g/mol. The lowest BCUT2D eigenvalue weighted by Gasteiger charge is -2.08. The van der Waals surface area contributed by atoms with E-state index in [-0.39, 0.29) is 5.82 Å². The highest BCUT2D eigenvalue weighted by Crippen LogP contribution is 2.32. The van der Waals surface area contributed by atoms with Crippen molar-refractivity contribution in [1.29, 1.82) is 0 Å². The summed E-state index contributed by atoms with van der Waals surface area (Å²) in [4.78, 5) is 6.59. The molecule has 0 aliphatic heterocycles. The van der Waals surface area contributed by atoms with E-state index in [0.29, 0.717) is 17.9 Å². The summed E-state index contributed by atoms with van der Waals surface area (Å²) in [5.41, 5.74) is 1.75. The minimum atomic E-state index is -0.234. The Balaban J connectivity index is 1.48. The van der Waals surface area contributed by atoms with Crippen LogP contribution in [-0.4, -0.2) is 16.0 Å². The first-order chi connectivity index (χ1) is 15.7. The van der Waals surface area contributed by atoms with Crippen LogP contribution in [0.25, 0.3) is 15.4 Å². The Morgan fingerprint density at radius 2 is 1.56 bits per heavy atom. The number of fused-ring (bicyclic) bond motifs is 1. The van der Waals surface area contributed by atoms with Crippen molar-refractivity contribution in [3.63, 3.8) is 0 Å². The molecule has 0 spiro atoms. The molecule has 0 aliphatic rings. The zero-order valence-corrected chi connectivity index (χ0v) is 20.7. The number of hydrogen-bond acceptors (Lipinski definition) is 3. The fourth-order valence-corrected chi connectivity index (χ4v) is 5.05. The topological polar surface area (TPSA) is 26.5 Å². The third-order valence-electron chi connectivity index (χ3n) is 5.96. The van der Waals surface area contributed by atoms with Crippen molar-refractivity contribution >= 4 is 16.3 Å².